The third-order valence-electron chi connectivity index (χ3n) is 5.81. The third-order valence-corrected chi connectivity index (χ3v) is 5.81. The van der Waals surface area contributed by atoms with Gasteiger partial charge in [0.25, 0.3) is 0 Å². The summed E-state index contributed by atoms with van der Waals surface area (Å²) < 4.78 is 5.36. The van der Waals surface area contributed by atoms with E-state index in [2.05, 4.69) is 65.5 Å². The Morgan fingerprint density at radius 2 is 2.04 bits per heavy atom. The number of fused-ring (bicyclic) bond motifs is 3. The van der Waals surface area contributed by atoms with E-state index in [4.69, 9.17) is 4.74 Å². The van der Waals surface area contributed by atoms with Crippen LogP contribution < -0.4 is 15.0 Å². The number of likely N-dealkylation sites (N-methyl/N-ethyl adjacent to an activating group) is 1. The summed E-state index contributed by atoms with van der Waals surface area (Å²) in [5.74, 6) is 0.597. The minimum atomic E-state index is -0.435. The van der Waals surface area contributed by atoms with Gasteiger partial charge in [-0.15, -0.1) is 0 Å². The molecule has 2 aliphatic rings. The van der Waals surface area contributed by atoms with Crippen LogP contribution in [0.1, 0.15) is 24.5 Å². The molecule has 1 amide bonds. The van der Waals surface area contributed by atoms with Crippen molar-refractivity contribution in [2.45, 2.75) is 31.5 Å². The van der Waals surface area contributed by atoms with E-state index in [9.17, 15) is 4.79 Å². The van der Waals surface area contributed by atoms with Gasteiger partial charge >= 0.3 is 6.09 Å². The highest BCUT2D eigenvalue weighted by Crippen LogP contribution is 2.52. The molecule has 0 saturated carbocycles. The normalized spacial score (nSPS) is 24.3. The number of likely N-dealkylation sites (tertiary alicyclic amines) is 1. The number of ether oxygens (including phenoxy) is 1. The first-order valence-corrected chi connectivity index (χ1v) is 9.08. The second-order valence-electron chi connectivity index (χ2n) is 7.43. The maximum Gasteiger partial charge on any atom is 0.412 e. The van der Waals surface area contributed by atoms with Crippen LogP contribution >= 0.6 is 0 Å². The third kappa shape index (κ3) is 2.63. The monoisotopic (exact) mass is 351 g/mol. The van der Waals surface area contributed by atoms with Crippen LogP contribution in [-0.2, 0) is 12.0 Å². The van der Waals surface area contributed by atoms with Crippen molar-refractivity contribution in [2.75, 3.05) is 25.5 Å². The Kier molecular flexibility index (Phi) is 4.11. The van der Waals surface area contributed by atoms with E-state index >= 15 is 0 Å². The maximum absolute atomic E-state index is 11.6. The molecule has 5 nitrogen and oxygen atoms in total. The van der Waals surface area contributed by atoms with Crippen molar-refractivity contribution in [3.63, 3.8) is 0 Å². The zero-order valence-corrected chi connectivity index (χ0v) is 15.5. The van der Waals surface area contributed by atoms with Crippen molar-refractivity contribution < 1.29 is 9.53 Å². The second-order valence-corrected chi connectivity index (χ2v) is 7.43. The number of anilines is 1. The van der Waals surface area contributed by atoms with Crippen LogP contribution in [-0.4, -0.2) is 37.8 Å². The van der Waals surface area contributed by atoms with Gasteiger partial charge in [0.15, 0.2) is 0 Å². The highest BCUT2D eigenvalue weighted by Gasteiger charge is 2.53. The molecular formula is C21H25N3O2. The molecule has 2 aromatic rings. The van der Waals surface area contributed by atoms with Gasteiger partial charge in [0.2, 0.25) is 0 Å². The number of nitrogens with zero attached hydrogens (tertiary/aromatic N) is 2. The van der Waals surface area contributed by atoms with Gasteiger partial charge < -0.3 is 15.0 Å². The van der Waals surface area contributed by atoms with Crippen LogP contribution in [0.2, 0.25) is 0 Å². The molecule has 1 unspecified atom stereocenters. The average molecular weight is 351 g/mol. The molecule has 0 aromatic heterocycles. The Labute approximate surface area is 154 Å². The van der Waals surface area contributed by atoms with Crippen LogP contribution in [0, 0.1) is 0 Å². The van der Waals surface area contributed by atoms with E-state index in [1.807, 2.05) is 12.1 Å². The number of carbonyl (C=O) groups excluding carboxylic acids is 1. The summed E-state index contributed by atoms with van der Waals surface area (Å²) in [4.78, 5) is 16.5. The number of hydrogen-bond donors (Lipinski definition) is 1. The first kappa shape index (κ1) is 16.9. The molecule has 5 heteroatoms. The molecule has 1 saturated heterocycles. The smallest absolute Gasteiger partial charge is 0.410 e. The maximum atomic E-state index is 11.6. The molecule has 2 atom stereocenters. The van der Waals surface area contributed by atoms with E-state index in [0.29, 0.717) is 11.9 Å². The topological polar surface area (TPSA) is 44.8 Å². The van der Waals surface area contributed by atoms with E-state index in [-0.39, 0.29) is 5.41 Å². The molecule has 2 aliphatic heterocycles. The van der Waals surface area contributed by atoms with Crippen molar-refractivity contribution in [1.82, 2.24) is 10.2 Å². The molecule has 2 aromatic carbocycles. The predicted octanol–water partition coefficient (Wildman–Crippen LogP) is 3.34. The van der Waals surface area contributed by atoms with Gasteiger partial charge in [-0.1, -0.05) is 37.3 Å². The number of amides is 1. The standard InChI is InChI=1S/C21H25N3O2/c1-21-11-12-24(14-15-7-5-4-6-8-15)19(21)23(3)18-10-9-16(13-17(18)21)26-20(25)22-2/h4-10,13,19H,11-12,14H2,1-3H3,(H,22,25)/t19?,21-/m0/s1. The number of carbonyl (C=O) groups is 1. The van der Waals surface area contributed by atoms with Crippen LogP contribution in [0.4, 0.5) is 10.5 Å². The summed E-state index contributed by atoms with van der Waals surface area (Å²) >= 11 is 0. The van der Waals surface area contributed by atoms with Crippen LogP contribution in [0.25, 0.3) is 0 Å². The molecule has 0 bridgehead atoms. The lowest BCUT2D eigenvalue weighted by atomic mass is 9.81. The molecule has 4 rings (SSSR count). The Bertz CT molecular complexity index is 823. The molecule has 1 N–H and O–H groups in total. The van der Waals surface area contributed by atoms with E-state index < -0.39 is 6.09 Å². The molecule has 136 valence electrons. The van der Waals surface area contributed by atoms with Gasteiger partial charge in [-0.3, -0.25) is 4.90 Å². The van der Waals surface area contributed by atoms with Gasteiger partial charge in [0.1, 0.15) is 5.75 Å². The predicted molar refractivity (Wildman–Crippen MR) is 103 cm³/mol. The van der Waals surface area contributed by atoms with Crippen molar-refractivity contribution >= 4 is 11.8 Å². The highest BCUT2D eigenvalue weighted by molar-refractivity contribution is 5.72. The first-order chi connectivity index (χ1) is 12.5. The van der Waals surface area contributed by atoms with Gasteiger partial charge in [0.05, 0.1) is 6.17 Å². The summed E-state index contributed by atoms with van der Waals surface area (Å²) in [6.45, 7) is 4.33. The number of rotatable bonds is 3. The Balaban J connectivity index is 1.63. The van der Waals surface area contributed by atoms with Gasteiger partial charge in [-0.25, -0.2) is 4.79 Å². The Hall–Kier alpha value is -2.53. The van der Waals surface area contributed by atoms with Crippen molar-refractivity contribution in [3.8, 4) is 5.75 Å². The van der Waals surface area contributed by atoms with Crippen LogP contribution in [0.15, 0.2) is 48.5 Å². The van der Waals surface area contributed by atoms with Crippen molar-refractivity contribution in [2.24, 2.45) is 0 Å². The second kappa shape index (κ2) is 6.32. The fraction of sp³-hybridized carbons (Fsp3) is 0.381. The first-order valence-electron chi connectivity index (χ1n) is 9.08. The summed E-state index contributed by atoms with van der Waals surface area (Å²) in [6.07, 6.45) is 0.966. The SMILES string of the molecule is CNC(=O)Oc1ccc2c(c1)[C@]1(C)CCN(Cc3ccccc3)C1N2C. The molecule has 2 heterocycles. The summed E-state index contributed by atoms with van der Waals surface area (Å²) in [7, 11) is 3.73. The molecule has 0 spiro atoms. The minimum Gasteiger partial charge on any atom is -0.410 e. The lowest BCUT2D eigenvalue weighted by Crippen LogP contribution is -2.46. The molecule has 0 aliphatic carbocycles. The van der Waals surface area contributed by atoms with Gasteiger partial charge in [-0.2, -0.15) is 0 Å². The summed E-state index contributed by atoms with van der Waals surface area (Å²) in [6, 6.07) is 16.6. The lowest BCUT2D eigenvalue weighted by molar-refractivity contribution is 0.202. The number of hydrogen-bond acceptors (Lipinski definition) is 4. The lowest BCUT2D eigenvalue weighted by Gasteiger charge is -2.34. The minimum absolute atomic E-state index is 0.0287. The molecule has 26 heavy (non-hydrogen) atoms. The molecular weight excluding hydrogens is 326 g/mol. The summed E-state index contributed by atoms with van der Waals surface area (Å²) in [5, 5.41) is 2.50. The van der Waals surface area contributed by atoms with Gasteiger partial charge in [0, 0.05) is 38.3 Å². The van der Waals surface area contributed by atoms with Crippen LogP contribution in [0.3, 0.4) is 0 Å². The van der Waals surface area contributed by atoms with Crippen molar-refractivity contribution in [1.29, 1.82) is 0 Å². The molecule has 0 radical (unpaired) electrons. The Morgan fingerprint density at radius 1 is 1.27 bits per heavy atom. The van der Waals surface area contributed by atoms with E-state index in [1.165, 1.54) is 16.8 Å². The Morgan fingerprint density at radius 3 is 2.77 bits per heavy atom. The number of nitrogens with one attached hydrogen (secondary N) is 1. The van der Waals surface area contributed by atoms with E-state index in [1.54, 1.807) is 7.05 Å². The van der Waals surface area contributed by atoms with Crippen molar-refractivity contribution in [3.05, 3.63) is 59.7 Å². The average Bonchev–Trinajstić information content (AvgIpc) is 3.09. The molecule has 1 fully saturated rings. The van der Waals surface area contributed by atoms with Crippen LogP contribution in [0.5, 0.6) is 5.75 Å². The van der Waals surface area contributed by atoms with Gasteiger partial charge in [-0.05, 0) is 35.7 Å². The number of benzene rings is 2. The highest BCUT2D eigenvalue weighted by atomic mass is 16.5. The quantitative estimate of drug-likeness (QED) is 0.921. The largest absolute Gasteiger partial charge is 0.412 e. The fourth-order valence-electron chi connectivity index (χ4n) is 4.59. The van der Waals surface area contributed by atoms with E-state index in [0.717, 1.165) is 19.5 Å². The summed E-state index contributed by atoms with van der Waals surface area (Å²) in [5.41, 5.74) is 3.85. The zero-order valence-electron chi connectivity index (χ0n) is 15.5. The fourth-order valence-corrected chi connectivity index (χ4v) is 4.59. The zero-order chi connectivity index (χ0) is 18.3.